The Morgan fingerprint density at radius 2 is 1.40 bits per heavy atom. The van der Waals surface area contributed by atoms with Crippen molar-refractivity contribution in [3.8, 4) is 0 Å². The largest absolute Gasteiger partial charge is 0.337 e. The number of ketones is 2. The predicted octanol–water partition coefficient (Wildman–Crippen LogP) is 0.699. The summed E-state index contributed by atoms with van der Waals surface area (Å²) < 4.78 is 18.4. The number of Topliss-reactive ketones (excluding diaryl/α,β-unsaturated/α-hetero) is 2. The van der Waals surface area contributed by atoms with Crippen LogP contribution in [0.4, 0.5) is 0 Å². The molecule has 0 aliphatic carbocycles. The fourth-order valence-corrected chi connectivity index (χ4v) is 1.44. The molecule has 0 radical (unpaired) electrons. The van der Waals surface area contributed by atoms with Crippen LogP contribution in [-0.2, 0) is 41.5 Å². The van der Waals surface area contributed by atoms with E-state index in [1.54, 1.807) is 12.5 Å². The molecular weight excluding hydrogens is 419 g/mol. The standard InChI is InChI=1S/C6H10O3S.C2H6OS.Pt/c1-4(7)6(5(2)8)10(3)9;1-4(2)3;/h6,9H,3H2,1-2H3;1-2H3;. The molecule has 0 aliphatic rings. The van der Waals surface area contributed by atoms with Crippen molar-refractivity contribution in [3.63, 3.8) is 0 Å². The van der Waals surface area contributed by atoms with E-state index in [2.05, 4.69) is 5.87 Å². The van der Waals surface area contributed by atoms with E-state index in [0.717, 1.165) is 0 Å². The topological polar surface area (TPSA) is 71.4 Å². The van der Waals surface area contributed by atoms with Crippen LogP contribution in [0.2, 0.25) is 0 Å². The molecule has 0 aromatic heterocycles. The van der Waals surface area contributed by atoms with Gasteiger partial charge in [-0.15, -0.1) is 0 Å². The van der Waals surface area contributed by atoms with E-state index in [1.807, 2.05) is 0 Å². The zero-order valence-electron chi connectivity index (χ0n) is 9.09. The molecule has 0 heterocycles. The Kier molecular flexibility index (Phi) is 15.0. The van der Waals surface area contributed by atoms with Crippen LogP contribution in [0.15, 0.2) is 0 Å². The van der Waals surface area contributed by atoms with Crippen LogP contribution in [-0.4, -0.2) is 44.0 Å². The molecule has 94 valence electrons. The van der Waals surface area contributed by atoms with Gasteiger partial charge in [-0.2, -0.15) is 0 Å². The van der Waals surface area contributed by atoms with Gasteiger partial charge in [0, 0.05) is 44.4 Å². The van der Waals surface area contributed by atoms with Crippen LogP contribution in [0.3, 0.4) is 0 Å². The Bertz CT molecular complexity index is 228. The Hall–Kier alpha value is 0.358. The van der Waals surface area contributed by atoms with E-state index in [-0.39, 0.29) is 32.6 Å². The fourth-order valence-electron chi connectivity index (χ4n) is 0.669. The van der Waals surface area contributed by atoms with Crippen molar-refractivity contribution < 1.29 is 39.4 Å². The average Bonchev–Trinajstić information content (AvgIpc) is 1.80. The van der Waals surface area contributed by atoms with Crippen LogP contribution in [0.1, 0.15) is 13.8 Å². The molecule has 0 amide bonds. The van der Waals surface area contributed by atoms with Gasteiger partial charge in [0.2, 0.25) is 0 Å². The summed E-state index contributed by atoms with van der Waals surface area (Å²) in [4.78, 5) is 21.2. The molecule has 1 N–H and O–H groups in total. The summed E-state index contributed by atoms with van der Waals surface area (Å²) in [5.74, 6) is 2.57. The van der Waals surface area contributed by atoms with Gasteiger partial charge in [-0.1, -0.05) is 10.8 Å². The molecule has 0 aromatic rings. The number of rotatable bonds is 3. The molecule has 0 bridgehead atoms. The quantitative estimate of drug-likeness (QED) is 0.524. The maximum absolute atomic E-state index is 10.6. The van der Waals surface area contributed by atoms with E-state index in [1.165, 1.54) is 13.8 Å². The number of carbonyl (C=O) groups excluding carboxylic acids is 2. The average molecular weight is 435 g/mol. The molecule has 1 atom stereocenters. The van der Waals surface area contributed by atoms with Gasteiger partial charge in [-0.3, -0.25) is 13.8 Å². The maximum Gasteiger partial charge on any atom is 0.151 e. The third-order valence-electron chi connectivity index (χ3n) is 1.01. The zero-order valence-corrected chi connectivity index (χ0v) is 13.0. The van der Waals surface area contributed by atoms with Crippen LogP contribution in [0.5, 0.6) is 0 Å². The van der Waals surface area contributed by atoms with Gasteiger partial charge in [0.1, 0.15) is 5.25 Å². The maximum atomic E-state index is 10.6. The van der Waals surface area contributed by atoms with E-state index < -0.39 is 26.8 Å². The molecule has 0 spiro atoms. The van der Waals surface area contributed by atoms with E-state index >= 15 is 0 Å². The fraction of sp³-hybridized carbons (Fsp3) is 0.625. The number of hydrogen-bond acceptors (Lipinski definition) is 4. The van der Waals surface area contributed by atoms with E-state index in [4.69, 9.17) is 4.55 Å². The smallest absolute Gasteiger partial charge is 0.151 e. The second-order valence-corrected chi connectivity index (χ2v) is 5.50. The van der Waals surface area contributed by atoms with Crippen molar-refractivity contribution in [2.75, 3.05) is 12.5 Å². The molecular formula is C8H16O4PtS2. The minimum Gasteiger partial charge on any atom is -0.337 e. The van der Waals surface area contributed by atoms with E-state index in [0.29, 0.717) is 0 Å². The molecule has 15 heavy (non-hydrogen) atoms. The number of hydrogen-bond donors (Lipinski definition) is 1. The Morgan fingerprint density at radius 1 is 1.20 bits per heavy atom. The molecule has 0 rings (SSSR count). The minimum atomic E-state index is -1.36. The monoisotopic (exact) mass is 435 g/mol. The van der Waals surface area contributed by atoms with Crippen molar-refractivity contribution in [3.05, 3.63) is 0 Å². The first-order valence-corrected chi connectivity index (χ1v) is 7.06. The van der Waals surface area contributed by atoms with Gasteiger partial charge in [0.25, 0.3) is 0 Å². The van der Waals surface area contributed by atoms with Crippen molar-refractivity contribution >= 4 is 39.0 Å². The third kappa shape index (κ3) is 14.4. The van der Waals surface area contributed by atoms with Crippen LogP contribution >= 0.6 is 10.8 Å². The molecule has 0 fully saturated rings. The predicted molar refractivity (Wildman–Crippen MR) is 62.5 cm³/mol. The summed E-state index contributed by atoms with van der Waals surface area (Å²) in [6, 6.07) is 0. The van der Waals surface area contributed by atoms with Gasteiger partial charge >= 0.3 is 0 Å². The first-order valence-electron chi connectivity index (χ1n) is 3.68. The third-order valence-corrected chi connectivity index (χ3v) is 2.22. The second-order valence-electron chi connectivity index (χ2n) is 2.74. The summed E-state index contributed by atoms with van der Waals surface area (Å²) >= 11 is 0. The normalized spacial score (nSPS) is 11.1. The zero-order chi connectivity index (χ0) is 11.9. The van der Waals surface area contributed by atoms with Crippen molar-refractivity contribution in [1.29, 1.82) is 0 Å². The van der Waals surface area contributed by atoms with Gasteiger partial charge in [0.05, 0.1) is 0 Å². The first kappa shape index (κ1) is 20.7. The van der Waals surface area contributed by atoms with Crippen LogP contribution in [0.25, 0.3) is 0 Å². The summed E-state index contributed by atoms with van der Waals surface area (Å²) in [6.07, 6.45) is 3.28. The molecule has 0 aromatic carbocycles. The first-order chi connectivity index (χ1) is 6.20. The molecule has 7 heteroatoms. The van der Waals surface area contributed by atoms with Gasteiger partial charge in [-0.25, -0.2) is 0 Å². The summed E-state index contributed by atoms with van der Waals surface area (Å²) in [5, 5.41) is -0.917. The summed E-state index contributed by atoms with van der Waals surface area (Å²) in [5.41, 5.74) is 0. The molecule has 1 unspecified atom stereocenters. The minimum absolute atomic E-state index is 0. The van der Waals surface area contributed by atoms with Gasteiger partial charge in [-0.05, 0) is 19.7 Å². The second kappa shape index (κ2) is 10.9. The Balaban J connectivity index is -0.000000249. The summed E-state index contributed by atoms with van der Waals surface area (Å²) in [6.45, 7) is 2.54. The molecule has 0 aliphatic heterocycles. The Labute approximate surface area is 110 Å². The van der Waals surface area contributed by atoms with Crippen molar-refractivity contribution in [1.82, 2.24) is 0 Å². The SMILES string of the molecule is C=S(O)C(C(C)=O)C(C)=O.CS(C)=O.[Pt]. The number of carbonyl (C=O) groups is 2. The molecule has 0 saturated heterocycles. The van der Waals surface area contributed by atoms with Crippen LogP contribution < -0.4 is 0 Å². The van der Waals surface area contributed by atoms with E-state index in [9.17, 15) is 13.8 Å². The molecule has 4 nitrogen and oxygen atoms in total. The summed E-state index contributed by atoms with van der Waals surface area (Å²) in [7, 11) is -1.97. The van der Waals surface area contributed by atoms with Crippen molar-refractivity contribution in [2.45, 2.75) is 19.1 Å². The Morgan fingerprint density at radius 3 is 1.40 bits per heavy atom. The van der Waals surface area contributed by atoms with Crippen LogP contribution in [0, 0.1) is 0 Å². The molecule has 0 saturated carbocycles. The van der Waals surface area contributed by atoms with Gasteiger partial charge in [0.15, 0.2) is 11.6 Å². The van der Waals surface area contributed by atoms with Gasteiger partial charge < -0.3 is 4.55 Å². The van der Waals surface area contributed by atoms with Crippen molar-refractivity contribution in [2.24, 2.45) is 0 Å².